The highest BCUT2D eigenvalue weighted by Gasteiger charge is 1.97. The second kappa shape index (κ2) is 2.59. The maximum Gasteiger partial charge on any atom is 0.131 e. The number of aryl methyl sites for hydroxylation is 1. The predicted molar refractivity (Wildman–Crippen MR) is 48.6 cm³/mol. The molecule has 0 fully saturated rings. The lowest BCUT2D eigenvalue weighted by Crippen LogP contribution is -1.79. The molecule has 0 radical (unpaired) electrons. The molecule has 2 aromatic carbocycles. The first-order valence-corrected chi connectivity index (χ1v) is 3.92. The average molecular weight is 160 g/mol. The molecule has 0 atom stereocenters. The van der Waals surface area contributed by atoms with Crippen molar-refractivity contribution in [1.82, 2.24) is 0 Å². The molecule has 0 heterocycles. The molecule has 0 saturated carbocycles. The van der Waals surface area contributed by atoms with Gasteiger partial charge in [0.05, 0.1) is 0 Å². The fourth-order valence-electron chi connectivity index (χ4n) is 1.36. The van der Waals surface area contributed by atoms with E-state index in [4.69, 9.17) is 0 Å². The van der Waals surface area contributed by atoms with Crippen LogP contribution in [0.1, 0.15) is 5.56 Å². The Kier molecular flexibility index (Phi) is 1.58. The third kappa shape index (κ3) is 1.07. The number of rotatable bonds is 0. The zero-order valence-corrected chi connectivity index (χ0v) is 6.84. The Morgan fingerprint density at radius 1 is 1.08 bits per heavy atom. The van der Waals surface area contributed by atoms with Crippen molar-refractivity contribution in [3.8, 4) is 0 Å². The van der Waals surface area contributed by atoms with E-state index in [0.717, 1.165) is 10.9 Å². The first-order valence-electron chi connectivity index (χ1n) is 3.92. The van der Waals surface area contributed by atoms with Gasteiger partial charge in [0.15, 0.2) is 0 Å². The Labute approximate surface area is 70.6 Å². The predicted octanol–water partition coefficient (Wildman–Crippen LogP) is 3.29. The van der Waals surface area contributed by atoms with E-state index in [2.05, 4.69) is 0 Å². The minimum atomic E-state index is -0.146. The molecule has 1 heteroatoms. The molecular weight excluding hydrogens is 151 g/mol. The Morgan fingerprint density at radius 3 is 2.75 bits per heavy atom. The van der Waals surface area contributed by atoms with Crippen molar-refractivity contribution in [2.75, 3.05) is 0 Å². The van der Waals surface area contributed by atoms with E-state index in [1.54, 1.807) is 6.07 Å². The smallest absolute Gasteiger partial charge is 0.131 e. The molecule has 0 unspecified atom stereocenters. The van der Waals surface area contributed by atoms with E-state index in [-0.39, 0.29) is 5.82 Å². The van der Waals surface area contributed by atoms with Crippen molar-refractivity contribution in [2.45, 2.75) is 6.92 Å². The lowest BCUT2D eigenvalue weighted by atomic mass is 10.1. The number of halogens is 1. The summed E-state index contributed by atoms with van der Waals surface area (Å²) in [6.45, 7) is 2.00. The van der Waals surface area contributed by atoms with E-state index in [9.17, 15) is 4.39 Å². The van der Waals surface area contributed by atoms with E-state index in [1.165, 1.54) is 6.07 Å². The van der Waals surface area contributed by atoms with Crippen molar-refractivity contribution in [1.29, 1.82) is 0 Å². The van der Waals surface area contributed by atoms with Gasteiger partial charge in [-0.05, 0) is 18.4 Å². The highest BCUT2D eigenvalue weighted by Crippen LogP contribution is 2.18. The molecule has 12 heavy (non-hydrogen) atoms. The summed E-state index contributed by atoms with van der Waals surface area (Å²) in [5.74, 6) is -0.146. The van der Waals surface area contributed by atoms with Gasteiger partial charge in [-0.2, -0.15) is 0 Å². The summed E-state index contributed by atoms with van der Waals surface area (Å²) < 4.78 is 13.1. The van der Waals surface area contributed by atoms with Gasteiger partial charge in [0, 0.05) is 5.39 Å². The van der Waals surface area contributed by atoms with Crippen LogP contribution in [0.2, 0.25) is 0 Å². The van der Waals surface area contributed by atoms with Gasteiger partial charge >= 0.3 is 0 Å². The minimum absolute atomic E-state index is 0.146. The first kappa shape index (κ1) is 7.29. The van der Waals surface area contributed by atoms with Gasteiger partial charge in [-0.15, -0.1) is 0 Å². The van der Waals surface area contributed by atoms with Crippen molar-refractivity contribution in [3.05, 3.63) is 47.8 Å². The van der Waals surface area contributed by atoms with Crippen LogP contribution in [0.3, 0.4) is 0 Å². The molecular formula is C11H9F. The zero-order chi connectivity index (χ0) is 8.55. The lowest BCUT2D eigenvalue weighted by molar-refractivity contribution is 0.640. The van der Waals surface area contributed by atoms with Gasteiger partial charge in [0.25, 0.3) is 0 Å². The number of benzene rings is 2. The third-order valence-corrected chi connectivity index (χ3v) is 1.98. The van der Waals surface area contributed by atoms with Crippen LogP contribution in [0.25, 0.3) is 10.8 Å². The van der Waals surface area contributed by atoms with E-state index in [0.29, 0.717) is 5.39 Å². The van der Waals surface area contributed by atoms with Crippen LogP contribution < -0.4 is 0 Å². The Bertz CT molecular complexity index is 418. The Hall–Kier alpha value is -1.37. The van der Waals surface area contributed by atoms with Gasteiger partial charge in [0.1, 0.15) is 5.82 Å². The molecule has 0 saturated heterocycles. The molecule has 0 nitrogen and oxygen atoms in total. The molecule has 0 spiro atoms. The van der Waals surface area contributed by atoms with Gasteiger partial charge in [-0.1, -0.05) is 35.9 Å². The molecule has 0 amide bonds. The molecule has 2 rings (SSSR count). The summed E-state index contributed by atoms with van der Waals surface area (Å²) in [7, 11) is 0. The molecule has 0 aliphatic heterocycles. The highest BCUT2D eigenvalue weighted by molar-refractivity contribution is 5.83. The van der Waals surface area contributed by atoms with E-state index >= 15 is 0 Å². The second-order valence-electron chi connectivity index (χ2n) is 2.96. The zero-order valence-electron chi connectivity index (χ0n) is 6.84. The summed E-state index contributed by atoms with van der Waals surface area (Å²) >= 11 is 0. The molecule has 0 N–H and O–H groups in total. The fraction of sp³-hybridized carbons (Fsp3) is 0.0909. The fourth-order valence-corrected chi connectivity index (χ4v) is 1.36. The van der Waals surface area contributed by atoms with Crippen molar-refractivity contribution in [3.63, 3.8) is 0 Å². The maximum atomic E-state index is 13.1. The monoisotopic (exact) mass is 160 g/mol. The van der Waals surface area contributed by atoms with Crippen LogP contribution in [-0.2, 0) is 0 Å². The van der Waals surface area contributed by atoms with Gasteiger partial charge < -0.3 is 0 Å². The van der Waals surface area contributed by atoms with Crippen molar-refractivity contribution < 1.29 is 4.39 Å². The van der Waals surface area contributed by atoms with Crippen LogP contribution in [0.4, 0.5) is 4.39 Å². The van der Waals surface area contributed by atoms with E-state index in [1.807, 2.05) is 31.2 Å². The average Bonchev–Trinajstić information content (AvgIpc) is 2.04. The highest BCUT2D eigenvalue weighted by atomic mass is 19.1. The maximum absolute atomic E-state index is 13.1. The second-order valence-corrected chi connectivity index (χ2v) is 2.96. The SMILES string of the molecule is Cc1ccc2c(F)cccc2c1. The number of hydrogen-bond acceptors (Lipinski definition) is 0. The molecule has 0 aromatic heterocycles. The first-order chi connectivity index (χ1) is 5.77. The summed E-state index contributed by atoms with van der Waals surface area (Å²) in [4.78, 5) is 0. The van der Waals surface area contributed by atoms with Crippen molar-refractivity contribution >= 4 is 10.8 Å². The normalized spacial score (nSPS) is 10.5. The largest absolute Gasteiger partial charge is 0.206 e. The topological polar surface area (TPSA) is 0 Å². The molecule has 0 aliphatic rings. The Morgan fingerprint density at radius 2 is 1.92 bits per heavy atom. The van der Waals surface area contributed by atoms with Crippen LogP contribution >= 0.6 is 0 Å². The molecule has 2 aromatic rings. The van der Waals surface area contributed by atoms with Crippen molar-refractivity contribution in [2.24, 2.45) is 0 Å². The van der Waals surface area contributed by atoms with E-state index < -0.39 is 0 Å². The van der Waals surface area contributed by atoms with Crippen LogP contribution in [0, 0.1) is 12.7 Å². The standard InChI is InChI=1S/C11H9F/c1-8-5-6-10-9(7-8)3-2-4-11(10)12/h2-7H,1H3. The van der Waals surface area contributed by atoms with Gasteiger partial charge in [-0.25, -0.2) is 4.39 Å². The molecule has 0 aliphatic carbocycles. The van der Waals surface area contributed by atoms with Crippen LogP contribution in [0.5, 0.6) is 0 Å². The van der Waals surface area contributed by atoms with Gasteiger partial charge in [0.2, 0.25) is 0 Å². The molecule has 0 bridgehead atoms. The van der Waals surface area contributed by atoms with Crippen LogP contribution in [0.15, 0.2) is 36.4 Å². The molecule has 60 valence electrons. The number of fused-ring (bicyclic) bond motifs is 1. The Balaban J connectivity index is 2.86. The number of hydrogen-bond donors (Lipinski definition) is 0. The third-order valence-electron chi connectivity index (χ3n) is 1.98. The van der Waals surface area contributed by atoms with Gasteiger partial charge in [-0.3, -0.25) is 0 Å². The quantitative estimate of drug-likeness (QED) is 0.554. The van der Waals surface area contributed by atoms with Crippen LogP contribution in [-0.4, -0.2) is 0 Å². The minimum Gasteiger partial charge on any atom is -0.206 e. The summed E-state index contributed by atoms with van der Waals surface area (Å²) in [5, 5.41) is 1.66. The summed E-state index contributed by atoms with van der Waals surface area (Å²) in [5.41, 5.74) is 1.16. The summed E-state index contributed by atoms with van der Waals surface area (Å²) in [6.07, 6.45) is 0. The summed E-state index contributed by atoms with van der Waals surface area (Å²) in [6, 6.07) is 10.9. The lowest BCUT2D eigenvalue weighted by Gasteiger charge is -1.99.